The fraction of sp³-hybridized carbons (Fsp3) is 0. The molecule has 0 atom stereocenters. The molecule has 0 radical (unpaired) electrons. The number of para-hydroxylation sites is 6. The average molecular weight is 817 g/mol. The largest absolute Gasteiger partial charge is 0.309 e. The highest BCUT2D eigenvalue weighted by atomic mass is 15.1. The fourth-order valence-corrected chi connectivity index (χ4v) is 10.6. The Morgan fingerprint density at radius 1 is 0.297 bits per heavy atom. The summed E-state index contributed by atoms with van der Waals surface area (Å²) in [6.45, 7) is 0. The second-order valence-corrected chi connectivity index (χ2v) is 16.6. The average Bonchev–Trinajstić information content (AvgIpc) is 4.09. The molecular formula is C58H36N6. The minimum Gasteiger partial charge on any atom is -0.309 e. The molecule has 0 unspecified atom stereocenters. The molecule has 6 nitrogen and oxygen atoms in total. The van der Waals surface area contributed by atoms with E-state index in [9.17, 15) is 0 Å². The van der Waals surface area contributed by atoms with E-state index < -0.39 is 0 Å². The van der Waals surface area contributed by atoms with Crippen LogP contribution in [0.2, 0.25) is 0 Å². The van der Waals surface area contributed by atoms with Crippen molar-refractivity contribution >= 4 is 87.2 Å². The Balaban J connectivity index is 1.00. The number of pyridine rings is 2. The van der Waals surface area contributed by atoms with E-state index in [1.165, 1.54) is 54.1 Å². The molecule has 6 heteroatoms. The highest BCUT2D eigenvalue weighted by Gasteiger charge is 2.23. The third-order valence-corrected chi connectivity index (χ3v) is 13.2. The van der Waals surface area contributed by atoms with E-state index >= 15 is 0 Å². The van der Waals surface area contributed by atoms with Gasteiger partial charge < -0.3 is 9.13 Å². The summed E-state index contributed by atoms with van der Waals surface area (Å²) >= 11 is 0. The Labute approximate surface area is 366 Å². The van der Waals surface area contributed by atoms with Crippen molar-refractivity contribution in [2.45, 2.75) is 0 Å². The lowest BCUT2D eigenvalue weighted by atomic mass is 10.1. The Kier molecular flexibility index (Phi) is 7.30. The Bertz CT molecular complexity index is 3910. The second-order valence-electron chi connectivity index (χ2n) is 16.6. The molecule has 6 heterocycles. The van der Waals surface area contributed by atoms with Crippen molar-refractivity contribution in [1.29, 1.82) is 0 Å². The fourth-order valence-electron chi connectivity index (χ4n) is 10.6. The Hall–Kier alpha value is -8.74. The van der Waals surface area contributed by atoms with Crippen LogP contribution in [0.15, 0.2) is 219 Å². The maximum Gasteiger partial charge on any atom is 0.138 e. The van der Waals surface area contributed by atoms with Gasteiger partial charge in [-0.3, -0.25) is 9.13 Å². The topological polar surface area (TPSA) is 45.5 Å². The van der Waals surface area contributed by atoms with Gasteiger partial charge in [-0.1, -0.05) is 127 Å². The van der Waals surface area contributed by atoms with E-state index in [2.05, 4.69) is 231 Å². The number of rotatable bonds is 5. The van der Waals surface area contributed by atoms with Crippen molar-refractivity contribution in [2.75, 3.05) is 0 Å². The predicted molar refractivity (Wildman–Crippen MR) is 265 cm³/mol. The van der Waals surface area contributed by atoms with Crippen molar-refractivity contribution in [3.63, 3.8) is 0 Å². The molecule has 0 amide bonds. The van der Waals surface area contributed by atoms with Gasteiger partial charge in [0, 0.05) is 66.2 Å². The molecule has 0 N–H and O–H groups in total. The van der Waals surface area contributed by atoms with Crippen LogP contribution in [0.5, 0.6) is 0 Å². The van der Waals surface area contributed by atoms with Crippen molar-refractivity contribution < 1.29 is 0 Å². The van der Waals surface area contributed by atoms with Crippen LogP contribution in [0.4, 0.5) is 0 Å². The lowest BCUT2D eigenvalue weighted by molar-refractivity contribution is 1.07. The number of hydrogen-bond donors (Lipinski definition) is 0. The molecule has 0 aliphatic rings. The van der Waals surface area contributed by atoms with Gasteiger partial charge >= 0.3 is 0 Å². The van der Waals surface area contributed by atoms with Gasteiger partial charge in [-0.25, -0.2) is 9.97 Å². The Morgan fingerprint density at radius 3 is 1.28 bits per heavy atom. The van der Waals surface area contributed by atoms with Gasteiger partial charge in [0.05, 0.1) is 49.8 Å². The maximum atomic E-state index is 5.53. The third kappa shape index (κ3) is 4.85. The molecule has 14 rings (SSSR count). The van der Waals surface area contributed by atoms with E-state index in [0.29, 0.717) is 0 Å². The summed E-state index contributed by atoms with van der Waals surface area (Å²) in [5.74, 6) is 1.70. The molecule has 0 bridgehead atoms. The highest BCUT2D eigenvalue weighted by Crippen LogP contribution is 2.44. The summed E-state index contributed by atoms with van der Waals surface area (Å²) < 4.78 is 9.49. The first-order valence-electron chi connectivity index (χ1n) is 21.8. The molecule has 0 spiro atoms. The summed E-state index contributed by atoms with van der Waals surface area (Å²) in [5.41, 5.74) is 13.3. The summed E-state index contributed by atoms with van der Waals surface area (Å²) in [5, 5.41) is 9.59. The van der Waals surface area contributed by atoms with Crippen LogP contribution in [-0.4, -0.2) is 28.2 Å². The number of hydrogen-bond acceptors (Lipinski definition) is 2. The summed E-state index contributed by atoms with van der Waals surface area (Å²) in [6, 6.07) is 76.0. The smallest absolute Gasteiger partial charge is 0.138 e. The van der Waals surface area contributed by atoms with Crippen LogP contribution in [0.25, 0.3) is 121 Å². The van der Waals surface area contributed by atoms with Gasteiger partial charge in [0.2, 0.25) is 0 Å². The zero-order valence-corrected chi connectivity index (χ0v) is 34.5. The van der Waals surface area contributed by atoms with Crippen LogP contribution in [0.1, 0.15) is 0 Å². The van der Waals surface area contributed by atoms with Crippen LogP contribution in [-0.2, 0) is 0 Å². The molecule has 298 valence electrons. The zero-order chi connectivity index (χ0) is 41.9. The molecule has 6 aromatic heterocycles. The van der Waals surface area contributed by atoms with E-state index in [-0.39, 0.29) is 0 Å². The standard InChI is InChI=1S/C58H36N6/c1-3-16-38(17-4-1)61-49-27-13-9-22-44(49)55-51(61)32-30-42-40-20-7-11-25-47(40)63(57(42)55)53-29-15-24-46(60-53)37-34-35-59-54(36-37)64-48-26-12-8-21-41(48)43-31-33-52-56(58(43)64)45-23-10-14-28-50(45)62(52)39-18-5-2-6-19-39/h1-36H. The van der Waals surface area contributed by atoms with Gasteiger partial charge in [0.1, 0.15) is 11.6 Å². The maximum absolute atomic E-state index is 5.53. The zero-order valence-electron chi connectivity index (χ0n) is 34.5. The van der Waals surface area contributed by atoms with E-state index in [1.54, 1.807) is 0 Å². The number of aromatic nitrogens is 6. The summed E-state index contributed by atoms with van der Waals surface area (Å²) in [6.07, 6.45) is 1.93. The molecule has 64 heavy (non-hydrogen) atoms. The summed E-state index contributed by atoms with van der Waals surface area (Å²) in [4.78, 5) is 10.7. The first-order chi connectivity index (χ1) is 31.8. The van der Waals surface area contributed by atoms with Crippen molar-refractivity contribution in [2.24, 2.45) is 0 Å². The van der Waals surface area contributed by atoms with E-state index in [0.717, 1.165) is 67.4 Å². The number of benzene rings is 8. The molecule has 8 aromatic carbocycles. The van der Waals surface area contributed by atoms with Crippen molar-refractivity contribution in [3.8, 4) is 34.3 Å². The number of nitrogens with zero attached hydrogens (tertiary/aromatic N) is 6. The van der Waals surface area contributed by atoms with Gasteiger partial charge in [-0.05, 0) is 84.9 Å². The Morgan fingerprint density at radius 2 is 0.750 bits per heavy atom. The number of fused-ring (bicyclic) bond motifs is 14. The summed E-state index contributed by atoms with van der Waals surface area (Å²) in [7, 11) is 0. The molecule has 0 saturated carbocycles. The lowest BCUT2D eigenvalue weighted by Crippen LogP contribution is -2.01. The van der Waals surface area contributed by atoms with Crippen LogP contribution < -0.4 is 0 Å². The quantitative estimate of drug-likeness (QED) is 0.174. The third-order valence-electron chi connectivity index (χ3n) is 13.2. The molecule has 14 aromatic rings. The van der Waals surface area contributed by atoms with Gasteiger partial charge in [-0.15, -0.1) is 0 Å². The molecule has 0 aliphatic carbocycles. The molecular weight excluding hydrogens is 781 g/mol. The normalized spacial score (nSPS) is 12.1. The van der Waals surface area contributed by atoms with Gasteiger partial charge in [0.15, 0.2) is 0 Å². The van der Waals surface area contributed by atoms with Crippen LogP contribution in [0, 0.1) is 0 Å². The first-order valence-corrected chi connectivity index (χ1v) is 21.8. The van der Waals surface area contributed by atoms with E-state index in [4.69, 9.17) is 9.97 Å². The molecule has 0 saturated heterocycles. The van der Waals surface area contributed by atoms with Crippen LogP contribution in [0.3, 0.4) is 0 Å². The van der Waals surface area contributed by atoms with Crippen LogP contribution >= 0.6 is 0 Å². The van der Waals surface area contributed by atoms with E-state index in [1.807, 2.05) is 6.20 Å². The van der Waals surface area contributed by atoms with Crippen molar-refractivity contribution in [3.05, 3.63) is 219 Å². The predicted octanol–water partition coefficient (Wildman–Crippen LogP) is 14.5. The molecule has 0 aliphatic heterocycles. The minimum atomic E-state index is 0.840. The van der Waals surface area contributed by atoms with Crippen molar-refractivity contribution in [1.82, 2.24) is 28.2 Å². The molecule has 0 fully saturated rings. The van der Waals surface area contributed by atoms with Gasteiger partial charge in [-0.2, -0.15) is 0 Å². The lowest BCUT2D eigenvalue weighted by Gasteiger charge is -2.12. The second kappa shape index (κ2) is 13.4. The highest BCUT2D eigenvalue weighted by molar-refractivity contribution is 6.27. The first kappa shape index (κ1) is 34.9. The minimum absolute atomic E-state index is 0.840. The van der Waals surface area contributed by atoms with Gasteiger partial charge in [0.25, 0.3) is 0 Å². The monoisotopic (exact) mass is 816 g/mol. The SMILES string of the molecule is c1ccc(-n2c3ccccc3c3c2ccc2c4ccccc4n(-c4cc(-c5cccc(-n6c7ccccc7c7ccc8c(c9ccccc9n8-c8ccccc8)c76)n5)ccn4)c23)cc1.